The van der Waals surface area contributed by atoms with Gasteiger partial charge in [-0.1, -0.05) is 27.7 Å². The van der Waals surface area contributed by atoms with Crippen LogP contribution in [0.2, 0.25) is 0 Å². The number of halogens is 1. The molecule has 7 heteroatoms. The van der Waals surface area contributed by atoms with Crippen LogP contribution in [0.25, 0.3) is 0 Å². The molecule has 150 valence electrons. The van der Waals surface area contributed by atoms with Gasteiger partial charge in [0.15, 0.2) is 0 Å². The predicted octanol–water partition coefficient (Wildman–Crippen LogP) is 5.51. The molecule has 0 aliphatic carbocycles. The largest absolute Gasteiger partial charge is 0.322 e. The first-order chi connectivity index (χ1) is 14.5. The van der Waals surface area contributed by atoms with Crippen molar-refractivity contribution in [1.29, 1.82) is 0 Å². The molecule has 1 N–H and O–H groups in total. The lowest BCUT2D eigenvalue weighted by Crippen LogP contribution is -2.28. The van der Waals surface area contributed by atoms with Crippen molar-refractivity contribution in [3.63, 3.8) is 0 Å². The smallest absolute Gasteiger partial charge is 0.255 e. The van der Waals surface area contributed by atoms with Gasteiger partial charge in [0.25, 0.3) is 5.91 Å². The molecule has 1 heterocycles. The number of benzene rings is 3. The summed E-state index contributed by atoms with van der Waals surface area (Å²) in [7, 11) is 0. The topological polar surface area (TPSA) is 66.5 Å². The summed E-state index contributed by atoms with van der Waals surface area (Å²) in [5.41, 5.74) is 1.63. The SMILES string of the molecule is O=C(Nc1ccc(Sc2ccc(Br)cc2)cc1)c1ccc(N2C(=O)CCC2=O)cc1. The zero-order valence-corrected chi connectivity index (χ0v) is 18.2. The minimum atomic E-state index is -0.256. The summed E-state index contributed by atoms with van der Waals surface area (Å²) < 4.78 is 1.04. The van der Waals surface area contributed by atoms with E-state index < -0.39 is 0 Å². The van der Waals surface area contributed by atoms with Gasteiger partial charge in [-0.05, 0) is 72.8 Å². The van der Waals surface area contributed by atoms with Crippen LogP contribution in [-0.2, 0) is 9.59 Å². The lowest BCUT2D eigenvalue weighted by molar-refractivity contribution is -0.121. The Bertz CT molecular complexity index is 1080. The highest BCUT2D eigenvalue weighted by Gasteiger charge is 2.30. The minimum absolute atomic E-state index is 0.210. The summed E-state index contributed by atoms with van der Waals surface area (Å²) in [6, 6.07) is 22.2. The fourth-order valence-electron chi connectivity index (χ4n) is 3.07. The van der Waals surface area contributed by atoms with E-state index in [1.165, 1.54) is 4.90 Å². The van der Waals surface area contributed by atoms with Gasteiger partial charge >= 0.3 is 0 Å². The first-order valence-electron chi connectivity index (χ1n) is 9.30. The number of nitrogens with zero attached hydrogens (tertiary/aromatic N) is 1. The van der Waals surface area contributed by atoms with E-state index >= 15 is 0 Å². The lowest BCUT2D eigenvalue weighted by Gasteiger charge is -2.14. The van der Waals surface area contributed by atoms with Gasteiger partial charge in [0.05, 0.1) is 5.69 Å². The molecule has 3 aromatic rings. The highest BCUT2D eigenvalue weighted by molar-refractivity contribution is 9.10. The highest BCUT2D eigenvalue weighted by atomic mass is 79.9. The average Bonchev–Trinajstić information content (AvgIpc) is 3.09. The molecule has 3 aromatic carbocycles. The molecule has 0 saturated carbocycles. The quantitative estimate of drug-likeness (QED) is 0.489. The zero-order valence-electron chi connectivity index (χ0n) is 15.8. The predicted molar refractivity (Wildman–Crippen MR) is 121 cm³/mol. The number of amides is 3. The monoisotopic (exact) mass is 480 g/mol. The van der Waals surface area contributed by atoms with E-state index in [4.69, 9.17) is 0 Å². The maximum absolute atomic E-state index is 12.5. The molecule has 5 nitrogen and oxygen atoms in total. The van der Waals surface area contributed by atoms with Crippen molar-refractivity contribution < 1.29 is 14.4 Å². The van der Waals surface area contributed by atoms with Gasteiger partial charge < -0.3 is 5.32 Å². The zero-order chi connectivity index (χ0) is 21.1. The Morgan fingerprint density at radius 2 is 1.33 bits per heavy atom. The summed E-state index contributed by atoms with van der Waals surface area (Å²) in [6.07, 6.45) is 0.467. The van der Waals surface area contributed by atoms with Crippen LogP contribution in [-0.4, -0.2) is 17.7 Å². The van der Waals surface area contributed by atoms with Gasteiger partial charge in [0.2, 0.25) is 11.8 Å². The molecule has 0 spiro atoms. The number of imide groups is 1. The Balaban J connectivity index is 1.39. The van der Waals surface area contributed by atoms with Crippen LogP contribution in [0.3, 0.4) is 0 Å². The Morgan fingerprint density at radius 1 is 0.800 bits per heavy atom. The van der Waals surface area contributed by atoms with Gasteiger partial charge in [0.1, 0.15) is 0 Å². The summed E-state index contributed by atoms with van der Waals surface area (Å²) in [6.45, 7) is 0. The first kappa shape index (κ1) is 20.4. The normalized spacial score (nSPS) is 13.6. The highest BCUT2D eigenvalue weighted by Crippen LogP contribution is 2.29. The summed E-state index contributed by atoms with van der Waals surface area (Å²) in [5, 5.41) is 2.86. The molecule has 0 unspecified atom stereocenters. The number of anilines is 2. The van der Waals surface area contributed by atoms with Crippen LogP contribution in [0.5, 0.6) is 0 Å². The maximum Gasteiger partial charge on any atom is 0.255 e. The van der Waals surface area contributed by atoms with E-state index in [1.807, 2.05) is 48.5 Å². The Morgan fingerprint density at radius 3 is 1.90 bits per heavy atom. The molecule has 0 bridgehead atoms. The van der Waals surface area contributed by atoms with E-state index in [0.717, 1.165) is 14.3 Å². The number of nitrogens with one attached hydrogen (secondary N) is 1. The van der Waals surface area contributed by atoms with E-state index in [-0.39, 0.29) is 30.6 Å². The molecule has 3 amide bonds. The minimum Gasteiger partial charge on any atom is -0.322 e. The molecule has 1 aliphatic rings. The van der Waals surface area contributed by atoms with E-state index in [9.17, 15) is 14.4 Å². The van der Waals surface area contributed by atoms with Crippen molar-refractivity contribution in [2.75, 3.05) is 10.2 Å². The molecule has 1 aliphatic heterocycles. The molecule has 4 rings (SSSR count). The number of hydrogen-bond acceptors (Lipinski definition) is 4. The Hall–Kier alpha value is -2.90. The van der Waals surface area contributed by atoms with Crippen LogP contribution < -0.4 is 10.2 Å². The molecule has 1 saturated heterocycles. The van der Waals surface area contributed by atoms with E-state index in [2.05, 4.69) is 21.2 Å². The van der Waals surface area contributed by atoms with Gasteiger partial charge in [-0.25, -0.2) is 0 Å². The summed E-state index contributed by atoms with van der Waals surface area (Å²) in [4.78, 5) is 39.5. The molecule has 0 radical (unpaired) electrons. The van der Waals surface area contributed by atoms with Crippen molar-refractivity contribution in [3.05, 3.63) is 82.8 Å². The number of carbonyl (C=O) groups excluding carboxylic acids is 3. The molecule has 30 heavy (non-hydrogen) atoms. The fourth-order valence-corrected chi connectivity index (χ4v) is 4.16. The fraction of sp³-hybridized carbons (Fsp3) is 0.0870. The van der Waals surface area contributed by atoms with Crippen molar-refractivity contribution >= 4 is 56.8 Å². The summed E-state index contributed by atoms with van der Waals surface area (Å²) in [5.74, 6) is -0.675. The van der Waals surface area contributed by atoms with E-state index in [0.29, 0.717) is 16.9 Å². The number of hydrogen-bond donors (Lipinski definition) is 1. The second-order valence-corrected chi connectivity index (χ2v) is 8.77. The lowest BCUT2D eigenvalue weighted by atomic mass is 10.1. The molecule has 0 atom stereocenters. The Kier molecular flexibility index (Phi) is 6.01. The van der Waals surface area contributed by atoms with Gasteiger partial charge in [-0.2, -0.15) is 0 Å². The van der Waals surface area contributed by atoms with Gasteiger partial charge in [0, 0.05) is 38.4 Å². The standard InChI is InChI=1S/C23H17BrN2O3S/c24-16-3-9-19(10-4-16)30-20-11-5-17(6-12-20)25-23(29)15-1-7-18(8-2-15)26-21(27)13-14-22(26)28/h1-12H,13-14H2,(H,25,29). The third-order valence-corrected chi connectivity index (χ3v) is 6.15. The van der Waals surface area contributed by atoms with Crippen LogP contribution in [0.15, 0.2) is 87.1 Å². The first-order valence-corrected chi connectivity index (χ1v) is 10.9. The van der Waals surface area contributed by atoms with E-state index in [1.54, 1.807) is 36.0 Å². The Labute approximate surface area is 186 Å². The molecular formula is C23H17BrN2O3S. The third-order valence-electron chi connectivity index (χ3n) is 4.60. The van der Waals surface area contributed by atoms with Crippen molar-refractivity contribution in [1.82, 2.24) is 0 Å². The molecular weight excluding hydrogens is 464 g/mol. The van der Waals surface area contributed by atoms with Crippen LogP contribution >= 0.6 is 27.7 Å². The van der Waals surface area contributed by atoms with Crippen molar-refractivity contribution in [3.8, 4) is 0 Å². The average molecular weight is 481 g/mol. The van der Waals surface area contributed by atoms with Crippen LogP contribution in [0, 0.1) is 0 Å². The van der Waals surface area contributed by atoms with Crippen LogP contribution in [0.4, 0.5) is 11.4 Å². The molecule has 0 aromatic heterocycles. The number of carbonyl (C=O) groups is 3. The third kappa shape index (κ3) is 4.63. The maximum atomic E-state index is 12.5. The van der Waals surface area contributed by atoms with Crippen molar-refractivity contribution in [2.24, 2.45) is 0 Å². The van der Waals surface area contributed by atoms with Crippen molar-refractivity contribution in [2.45, 2.75) is 22.6 Å². The second kappa shape index (κ2) is 8.85. The van der Waals surface area contributed by atoms with Crippen LogP contribution in [0.1, 0.15) is 23.2 Å². The van der Waals surface area contributed by atoms with Gasteiger partial charge in [-0.15, -0.1) is 0 Å². The summed E-state index contributed by atoms with van der Waals surface area (Å²) >= 11 is 5.07. The number of rotatable bonds is 5. The molecule has 1 fully saturated rings. The van der Waals surface area contributed by atoms with Gasteiger partial charge in [-0.3, -0.25) is 19.3 Å². The second-order valence-electron chi connectivity index (χ2n) is 6.70.